The molecule has 0 amide bonds. The zero-order valence-corrected chi connectivity index (χ0v) is 15.9. The second kappa shape index (κ2) is 14.3. The Labute approximate surface area is 157 Å². The zero-order valence-electron chi connectivity index (χ0n) is 15.9. The number of hydrogen-bond donors (Lipinski definition) is 2. The van der Waals surface area contributed by atoms with Gasteiger partial charge in [0.15, 0.2) is 0 Å². The van der Waals surface area contributed by atoms with Crippen LogP contribution in [0, 0.1) is 5.92 Å². The zero-order chi connectivity index (χ0) is 19.0. The Kier molecular flexibility index (Phi) is 12.2. The minimum atomic E-state index is -0.766. The average Bonchev–Trinajstić information content (AvgIpc) is 2.65. The molecule has 5 nitrogen and oxygen atoms in total. The van der Waals surface area contributed by atoms with E-state index in [-0.39, 0.29) is 24.9 Å². The fourth-order valence-corrected chi connectivity index (χ4v) is 2.76. The Morgan fingerprint density at radius 3 is 2.46 bits per heavy atom. The first-order valence-corrected chi connectivity index (χ1v) is 9.76. The molecule has 1 aromatic rings. The van der Waals surface area contributed by atoms with Crippen LogP contribution in [-0.2, 0) is 20.9 Å². The quantitative estimate of drug-likeness (QED) is 0.361. The molecule has 0 fully saturated rings. The van der Waals surface area contributed by atoms with Crippen molar-refractivity contribution in [3.63, 3.8) is 0 Å². The van der Waals surface area contributed by atoms with Crippen LogP contribution in [0.2, 0.25) is 0 Å². The van der Waals surface area contributed by atoms with Crippen molar-refractivity contribution < 1.29 is 19.4 Å². The van der Waals surface area contributed by atoms with Crippen molar-refractivity contribution in [3.8, 4) is 0 Å². The first-order valence-electron chi connectivity index (χ1n) is 9.76. The van der Waals surface area contributed by atoms with E-state index >= 15 is 0 Å². The van der Waals surface area contributed by atoms with E-state index in [1.54, 1.807) is 0 Å². The van der Waals surface area contributed by atoms with Crippen molar-refractivity contribution in [2.45, 2.75) is 64.9 Å². The lowest BCUT2D eigenvalue weighted by Crippen LogP contribution is -2.30. The van der Waals surface area contributed by atoms with Gasteiger partial charge >= 0.3 is 11.9 Å². The van der Waals surface area contributed by atoms with Crippen molar-refractivity contribution >= 4 is 11.9 Å². The first-order chi connectivity index (χ1) is 12.6. The summed E-state index contributed by atoms with van der Waals surface area (Å²) in [6.45, 7) is 3.29. The number of carboxylic acids is 1. The van der Waals surface area contributed by atoms with Crippen LogP contribution in [0.5, 0.6) is 0 Å². The maximum absolute atomic E-state index is 11.7. The van der Waals surface area contributed by atoms with E-state index in [1.165, 1.54) is 25.7 Å². The summed E-state index contributed by atoms with van der Waals surface area (Å²) < 4.78 is 5.20. The standard InChI is InChI=1S/C21H33NO4/c1-2-3-4-5-6-10-13-19(21(24)25)16-22-15-14-20(23)26-17-18-11-8-7-9-12-18/h7-9,11-12,19,22H,2-6,10,13-17H2,1H3,(H,24,25). The van der Waals surface area contributed by atoms with Gasteiger partial charge < -0.3 is 15.2 Å². The minimum absolute atomic E-state index is 0.246. The van der Waals surface area contributed by atoms with Gasteiger partial charge in [-0.2, -0.15) is 0 Å². The van der Waals surface area contributed by atoms with Crippen LogP contribution in [-0.4, -0.2) is 30.1 Å². The summed E-state index contributed by atoms with van der Waals surface area (Å²) in [5, 5.41) is 12.4. The van der Waals surface area contributed by atoms with Crippen LogP contribution in [0.15, 0.2) is 30.3 Å². The fourth-order valence-electron chi connectivity index (χ4n) is 2.76. The SMILES string of the molecule is CCCCCCCCC(CNCCC(=O)OCc1ccccc1)C(=O)O. The molecule has 1 rings (SSSR count). The summed E-state index contributed by atoms with van der Waals surface area (Å²) in [4.78, 5) is 23.0. The molecule has 146 valence electrons. The molecule has 0 radical (unpaired) electrons. The van der Waals surface area contributed by atoms with E-state index in [9.17, 15) is 14.7 Å². The van der Waals surface area contributed by atoms with Gasteiger partial charge in [0, 0.05) is 13.1 Å². The highest BCUT2D eigenvalue weighted by atomic mass is 16.5. The smallest absolute Gasteiger partial charge is 0.307 e. The largest absolute Gasteiger partial charge is 0.481 e. The predicted octanol–water partition coefficient (Wildman–Crippen LogP) is 4.16. The van der Waals surface area contributed by atoms with E-state index in [4.69, 9.17) is 4.74 Å². The summed E-state index contributed by atoms with van der Waals surface area (Å²) >= 11 is 0. The molecule has 0 aliphatic rings. The molecular weight excluding hydrogens is 330 g/mol. The van der Waals surface area contributed by atoms with Crippen LogP contribution >= 0.6 is 0 Å². The van der Waals surface area contributed by atoms with Crippen LogP contribution in [0.25, 0.3) is 0 Å². The molecular formula is C21H33NO4. The molecule has 0 aliphatic carbocycles. The van der Waals surface area contributed by atoms with Crippen LogP contribution in [0.1, 0.15) is 63.9 Å². The van der Waals surface area contributed by atoms with E-state index in [0.717, 1.165) is 18.4 Å². The van der Waals surface area contributed by atoms with Gasteiger partial charge in [0.1, 0.15) is 6.61 Å². The van der Waals surface area contributed by atoms with Crippen molar-refractivity contribution in [2.75, 3.05) is 13.1 Å². The van der Waals surface area contributed by atoms with Crippen molar-refractivity contribution in [1.82, 2.24) is 5.32 Å². The van der Waals surface area contributed by atoms with E-state index in [0.29, 0.717) is 19.5 Å². The molecule has 0 saturated heterocycles. The van der Waals surface area contributed by atoms with Gasteiger partial charge in [0.05, 0.1) is 12.3 Å². The van der Waals surface area contributed by atoms with Gasteiger partial charge in [0.25, 0.3) is 0 Å². The summed E-state index contributed by atoms with van der Waals surface area (Å²) in [6, 6.07) is 9.54. The summed E-state index contributed by atoms with van der Waals surface area (Å²) in [5.74, 6) is -1.43. The fraction of sp³-hybridized carbons (Fsp3) is 0.619. The Morgan fingerprint density at radius 1 is 1.08 bits per heavy atom. The number of hydrogen-bond acceptors (Lipinski definition) is 4. The number of aliphatic carboxylic acids is 1. The molecule has 1 unspecified atom stereocenters. The van der Waals surface area contributed by atoms with Crippen LogP contribution in [0.4, 0.5) is 0 Å². The van der Waals surface area contributed by atoms with Gasteiger partial charge in [-0.25, -0.2) is 0 Å². The second-order valence-corrected chi connectivity index (χ2v) is 6.69. The second-order valence-electron chi connectivity index (χ2n) is 6.69. The first kappa shape index (κ1) is 22.2. The van der Waals surface area contributed by atoms with E-state index in [1.807, 2.05) is 30.3 Å². The normalized spacial score (nSPS) is 11.9. The Hall–Kier alpha value is -1.88. The molecule has 0 heterocycles. The number of carbonyl (C=O) groups excluding carboxylic acids is 1. The summed E-state index contributed by atoms with van der Waals surface area (Å²) in [7, 11) is 0. The van der Waals surface area contributed by atoms with Gasteiger partial charge in [-0.3, -0.25) is 9.59 Å². The molecule has 0 spiro atoms. The number of nitrogens with one attached hydrogen (secondary N) is 1. The average molecular weight is 363 g/mol. The monoisotopic (exact) mass is 363 g/mol. The lowest BCUT2D eigenvalue weighted by molar-refractivity contribution is -0.144. The highest BCUT2D eigenvalue weighted by Crippen LogP contribution is 2.12. The Bertz CT molecular complexity index is 504. The van der Waals surface area contributed by atoms with E-state index in [2.05, 4.69) is 12.2 Å². The topological polar surface area (TPSA) is 75.6 Å². The molecule has 5 heteroatoms. The number of esters is 1. The van der Waals surface area contributed by atoms with Crippen LogP contribution < -0.4 is 5.32 Å². The molecule has 2 N–H and O–H groups in total. The highest BCUT2D eigenvalue weighted by Gasteiger charge is 2.16. The summed E-state index contributed by atoms with van der Waals surface area (Å²) in [6.07, 6.45) is 7.86. The van der Waals surface area contributed by atoms with Gasteiger partial charge in [-0.15, -0.1) is 0 Å². The number of ether oxygens (including phenoxy) is 1. The van der Waals surface area contributed by atoms with E-state index < -0.39 is 5.97 Å². The summed E-state index contributed by atoms with van der Waals surface area (Å²) in [5.41, 5.74) is 0.957. The van der Waals surface area contributed by atoms with Gasteiger partial charge in [-0.1, -0.05) is 75.8 Å². The molecule has 1 atom stereocenters. The molecule has 1 aromatic carbocycles. The molecule has 0 bridgehead atoms. The van der Waals surface area contributed by atoms with Gasteiger partial charge in [0.2, 0.25) is 0 Å². The number of unbranched alkanes of at least 4 members (excludes halogenated alkanes) is 5. The third-order valence-corrected chi connectivity index (χ3v) is 4.39. The molecule has 0 saturated carbocycles. The van der Waals surface area contributed by atoms with Crippen molar-refractivity contribution in [3.05, 3.63) is 35.9 Å². The third-order valence-electron chi connectivity index (χ3n) is 4.39. The van der Waals surface area contributed by atoms with Crippen molar-refractivity contribution in [2.24, 2.45) is 5.92 Å². The predicted molar refractivity (Wildman–Crippen MR) is 103 cm³/mol. The number of carbonyl (C=O) groups is 2. The van der Waals surface area contributed by atoms with Crippen molar-refractivity contribution in [1.29, 1.82) is 0 Å². The number of carboxylic acid groups (broad SMARTS) is 1. The molecule has 26 heavy (non-hydrogen) atoms. The molecule has 0 aromatic heterocycles. The Balaban J connectivity index is 2.10. The maximum atomic E-state index is 11.7. The van der Waals surface area contributed by atoms with Crippen LogP contribution in [0.3, 0.4) is 0 Å². The number of benzene rings is 1. The lowest BCUT2D eigenvalue weighted by Gasteiger charge is -2.13. The van der Waals surface area contributed by atoms with Gasteiger partial charge in [-0.05, 0) is 12.0 Å². The maximum Gasteiger partial charge on any atom is 0.307 e. The number of rotatable bonds is 15. The third kappa shape index (κ3) is 10.9. The molecule has 0 aliphatic heterocycles. The lowest BCUT2D eigenvalue weighted by atomic mass is 10.00. The Morgan fingerprint density at radius 2 is 1.77 bits per heavy atom. The minimum Gasteiger partial charge on any atom is -0.481 e. The highest BCUT2D eigenvalue weighted by molar-refractivity contribution is 5.70.